The summed E-state index contributed by atoms with van der Waals surface area (Å²) in [7, 11) is 0. The number of amides is 2. The van der Waals surface area contributed by atoms with Crippen molar-refractivity contribution in [3.63, 3.8) is 0 Å². The molecule has 5 rings (SSSR count). The molecule has 0 radical (unpaired) electrons. The van der Waals surface area contributed by atoms with Crippen molar-refractivity contribution in [3.8, 4) is 0 Å². The summed E-state index contributed by atoms with van der Waals surface area (Å²) in [6.45, 7) is 8.94. The highest BCUT2D eigenvalue weighted by atomic mass is 35.5. The highest BCUT2D eigenvalue weighted by Crippen LogP contribution is 2.36. The summed E-state index contributed by atoms with van der Waals surface area (Å²) in [4.78, 5) is 42.7. The Kier molecular flexibility index (Phi) is 8.87. The van der Waals surface area contributed by atoms with E-state index in [1.54, 1.807) is 22.7 Å². The van der Waals surface area contributed by atoms with Gasteiger partial charge in [0, 0.05) is 49.3 Å². The molecule has 0 saturated carbocycles. The zero-order chi connectivity index (χ0) is 28.4. The number of thioether (sulfide) groups is 1. The van der Waals surface area contributed by atoms with Crippen molar-refractivity contribution in [2.45, 2.75) is 69.5 Å². The number of halogens is 2. The van der Waals surface area contributed by atoms with Crippen LogP contribution in [0.25, 0.3) is 0 Å². The zero-order valence-corrected chi connectivity index (χ0v) is 25.5. The molecular formula is C28H36Cl2N6O3S. The molecule has 0 unspecified atom stereocenters. The van der Waals surface area contributed by atoms with Crippen molar-refractivity contribution in [1.82, 2.24) is 19.8 Å². The Morgan fingerprint density at radius 2 is 1.88 bits per heavy atom. The summed E-state index contributed by atoms with van der Waals surface area (Å²) >= 11 is 14.2. The summed E-state index contributed by atoms with van der Waals surface area (Å²) < 4.78 is 5.55. The van der Waals surface area contributed by atoms with Gasteiger partial charge in [0.25, 0.3) is 0 Å². The molecule has 40 heavy (non-hydrogen) atoms. The van der Waals surface area contributed by atoms with E-state index in [1.165, 1.54) is 0 Å². The number of anilines is 2. The van der Waals surface area contributed by atoms with E-state index in [0.29, 0.717) is 61.7 Å². The van der Waals surface area contributed by atoms with Gasteiger partial charge in [0.15, 0.2) is 0 Å². The lowest BCUT2D eigenvalue weighted by Gasteiger charge is -2.37. The number of ether oxygens (including phenoxy) is 1. The molecule has 0 spiro atoms. The van der Waals surface area contributed by atoms with Gasteiger partial charge in [-0.2, -0.15) is 4.98 Å². The molecule has 2 saturated heterocycles. The van der Waals surface area contributed by atoms with Gasteiger partial charge >= 0.3 is 6.09 Å². The minimum Gasteiger partial charge on any atom is -0.444 e. The average Bonchev–Trinajstić information content (AvgIpc) is 3.41. The van der Waals surface area contributed by atoms with Gasteiger partial charge in [-0.1, -0.05) is 29.3 Å². The number of hydrogen-bond acceptors (Lipinski definition) is 8. The second-order valence-electron chi connectivity index (χ2n) is 11.3. The Balaban J connectivity index is 1.25. The fraction of sp³-hybridized carbons (Fsp3) is 0.571. The normalized spacial score (nSPS) is 19.4. The number of fused-ring (bicyclic) bond motifs is 1. The summed E-state index contributed by atoms with van der Waals surface area (Å²) in [6.07, 6.45) is 3.04. The Hall–Kier alpha value is -2.43. The van der Waals surface area contributed by atoms with Crippen LogP contribution < -0.4 is 10.2 Å². The molecule has 0 aliphatic carbocycles. The first-order valence-corrected chi connectivity index (χ1v) is 15.6. The number of aryl methyl sites for hydroxylation is 1. The predicted molar refractivity (Wildman–Crippen MR) is 160 cm³/mol. The van der Waals surface area contributed by atoms with Crippen LogP contribution in [0.3, 0.4) is 0 Å². The molecular weight excluding hydrogens is 571 g/mol. The minimum atomic E-state index is -0.596. The number of rotatable bonds is 5. The molecule has 1 N–H and O–H groups in total. The van der Waals surface area contributed by atoms with Crippen LogP contribution in [0.5, 0.6) is 0 Å². The fourth-order valence-corrected chi connectivity index (χ4v) is 6.76. The highest BCUT2D eigenvalue weighted by Gasteiger charge is 2.39. The maximum Gasteiger partial charge on any atom is 0.410 e. The first-order chi connectivity index (χ1) is 19.1. The summed E-state index contributed by atoms with van der Waals surface area (Å²) in [5, 5.41) is 4.70. The van der Waals surface area contributed by atoms with E-state index in [-0.39, 0.29) is 5.91 Å². The van der Waals surface area contributed by atoms with Gasteiger partial charge in [-0.3, -0.25) is 9.69 Å². The van der Waals surface area contributed by atoms with E-state index < -0.39 is 17.7 Å². The number of piperazine rings is 1. The second-order valence-corrected chi connectivity index (χ2v) is 13.3. The quantitative estimate of drug-likeness (QED) is 0.478. The van der Waals surface area contributed by atoms with Gasteiger partial charge in [-0.25, -0.2) is 9.78 Å². The summed E-state index contributed by atoms with van der Waals surface area (Å²) in [5.74, 6) is 2.52. The first-order valence-electron chi connectivity index (χ1n) is 13.8. The van der Waals surface area contributed by atoms with Crippen LogP contribution in [-0.4, -0.2) is 81.9 Å². The van der Waals surface area contributed by atoms with Crippen LogP contribution in [0.2, 0.25) is 10.0 Å². The standard InChI is InChI=1S/C28H36Cl2N6O3S/c1-28(2,3)39-27(38)36-10-4-7-22(36)25(37)34-11-13-35(14-12-34)26-32-21-6-5-15-40-23(21)24(33-26)31-17-18-8-9-19(29)16-20(18)30/h8-9,16,22H,4-7,10-15,17H2,1-3H3,(H,31,32,33)/t22-/m1/s1. The number of carbonyl (C=O) groups excluding carboxylic acids is 2. The molecule has 1 aromatic carbocycles. The number of hydrogen-bond donors (Lipinski definition) is 1. The Morgan fingerprint density at radius 3 is 2.60 bits per heavy atom. The predicted octanol–water partition coefficient (Wildman–Crippen LogP) is 5.48. The fourth-order valence-electron chi connectivity index (χ4n) is 5.22. The third-order valence-corrected chi connectivity index (χ3v) is 9.03. The zero-order valence-electron chi connectivity index (χ0n) is 23.2. The van der Waals surface area contributed by atoms with E-state index in [1.807, 2.05) is 37.8 Å². The van der Waals surface area contributed by atoms with E-state index in [4.69, 9.17) is 37.9 Å². The number of carbonyl (C=O) groups is 2. The smallest absolute Gasteiger partial charge is 0.410 e. The highest BCUT2D eigenvalue weighted by molar-refractivity contribution is 7.99. The van der Waals surface area contributed by atoms with Crippen molar-refractivity contribution in [1.29, 1.82) is 0 Å². The van der Waals surface area contributed by atoms with Crippen LogP contribution >= 0.6 is 35.0 Å². The van der Waals surface area contributed by atoms with Crippen molar-refractivity contribution in [2.75, 3.05) is 48.7 Å². The number of nitrogens with one attached hydrogen (secondary N) is 1. The lowest BCUT2D eigenvalue weighted by Crippen LogP contribution is -2.55. The Morgan fingerprint density at radius 1 is 1.10 bits per heavy atom. The maximum atomic E-state index is 13.4. The lowest BCUT2D eigenvalue weighted by atomic mass is 10.1. The van der Waals surface area contributed by atoms with E-state index in [2.05, 4.69) is 10.2 Å². The van der Waals surface area contributed by atoms with Gasteiger partial charge in [-0.15, -0.1) is 11.8 Å². The van der Waals surface area contributed by atoms with Gasteiger partial charge in [0.2, 0.25) is 11.9 Å². The number of likely N-dealkylation sites (tertiary alicyclic amines) is 1. The van der Waals surface area contributed by atoms with Crippen molar-refractivity contribution >= 4 is 58.7 Å². The van der Waals surface area contributed by atoms with Crippen molar-refractivity contribution in [3.05, 3.63) is 39.5 Å². The van der Waals surface area contributed by atoms with Crippen LogP contribution in [0, 0.1) is 0 Å². The molecule has 3 aliphatic rings. The molecule has 216 valence electrons. The number of nitrogens with zero attached hydrogens (tertiary/aromatic N) is 5. The second kappa shape index (κ2) is 12.2. The SMILES string of the molecule is CC(C)(C)OC(=O)N1CCC[C@@H]1C(=O)N1CCN(c2nc3c(c(NCc4ccc(Cl)cc4Cl)n2)SCCC3)CC1. The van der Waals surface area contributed by atoms with E-state index >= 15 is 0 Å². The Labute approximate surface area is 249 Å². The molecule has 3 aliphatic heterocycles. The topological polar surface area (TPSA) is 90.9 Å². The molecule has 4 heterocycles. The monoisotopic (exact) mass is 606 g/mol. The largest absolute Gasteiger partial charge is 0.444 e. The average molecular weight is 608 g/mol. The summed E-state index contributed by atoms with van der Waals surface area (Å²) in [5.41, 5.74) is 1.41. The maximum absolute atomic E-state index is 13.4. The third-order valence-electron chi connectivity index (χ3n) is 7.23. The lowest BCUT2D eigenvalue weighted by molar-refractivity contribution is -0.136. The molecule has 2 aromatic rings. The third kappa shape index (κ3) is 6.71. The molecule has 1 aromatic heterocycles. The molecule has 2 amide bonds. The van der Waals surface area contributed by atoms with Crippen LogP contribution in [0.4, 0.5) is 16.6 Å². The number of benzene rings is 1. The molecule has 1 atom stereocenters. The van der Waals surface area contributed by atoms with Crippen molar-refractivity contribution in [2.24, 2.45) is 0 Å². The van der Waals surface area contributed by atoms with E-state index in [0.717, 1.165) is 47.0 Å². The Bertz CT molecular complexity index is 1270. The van der Waals surface area contributed by atoms with Gasteiger partial charge in [-0.05, 0) is 69.9 Å². The van der Waals surface area contributed by atoms with Gasteiger partial charge in [0.1, 0.15) is 17.5 Å². The summed E-state index contributed by atoms with van der Waals surface area (Å²) in [6, 6.07) is 5.03. The number of aromatic nitrogens is 2. The molecule has 0 bridgehead atoms. The molecule has 12 heteroatoms. The van der Waals surface area contributed by atoms with Crippen LogP contribution in [0.1, 0.15) is 51.3 Å². The van der Waals surface area contributed by atoms with Crippen LogP contribution in [-0.2, 0) is 22.5 Å². The molecule has 2 fully saturated rings. The molecule has 9 nitrogen and oxygen atoms in total. The van der Waals surface area contributed by atoms with Gasteiger partial charge in [0.05, 0.1) is 10.6 Å². The van der Waals surface area contributed by atoms with E-state index in [9.17, 15) is 9.59 Å². The van der Waals surface area contributed by atoms with Crippen LogP contribution in [0.15, 0.2) is 23.1 Å². The van der Waals surface area contributed by atoms with Gasteiger partial charge < -0.3 is 19.9 Å². The minimum absolute atomic E-state index is 0.00651. The van der Waals surface area contributed by atoms with Crippen molar-refractivity contribution < 1.29 is 14.3 Å². The first kappa shape index (κ1) is 29.1.